The molecule has 1 fully saturated rings. The fourth-order valence-corrected chi connectivity index (χ4v) is 4.55. The number of nitrogens with zero attached hydrogens (tertiary/aromatic N) is 1. The third kappa shape index (κ3) is 3.07. The number of rotatable bonds is 5. The van der Waals surface area contributed by atoms with E-state index in [4.69, 9.17) is 21.1 Å². The van der Waals surface area contributed by atoms with E-state index in [1.807, 2.05) is 0 Å². The molecule has 1 saturated carbocycles. The minimum Gasteiger partial charge on any atom is -0.466 e. The summed E-state index contributed by atoms with van der Waals surface area (Å²) in [6.07, 6.45) is 0.791. The van der Waals surface area contributed by atoms with E-state index in [9.17, 15) is 19.5 Å². The Morgan fingerprint density at radius 2 is 2.03 bits per heavy atom. The van der Waals surface area contributed by atoms with Gasteiger partial charge in [0.05, 0.1) is 19.3 Å². The summed E-state index contributed by atoms with van der Waals surface area (Å²) in [5.41, 5.74) is -0.405. The lowest BCUT2D eigenvalue weighted by Gasteiger charge is -2.41. The summed E-state index contributed by atoms with van der Waals surface area (Å²) < 4.78 is 10.1. The van der Waals surface area contributed by atoms with E-state index in [-0.39, 0.29) is 36.3 Å². The maximum atomic E-state index is 13.0. The predicted octanol–water partition coefficient (Wildman–Crippen LogP) is 2.17. The first-order valence-electron chi connectivity index (χ1n) is 9.29. The van der Waals surface area contributed by atoms with Crippen LogP contribution in [0.25, 0.3) is 0 Å². The van der Waals surface area contributed by atoms with E-state index in [1.54, 1.807) is 32.0 Å². The van der Waals surface area contributed by atoms with Crippen molar-refractivity contribution in [3.05, 3.63) is 46.1 Å². The molecule has 3 rings (SSSR count). The fourth-order valence-electron chi connectivity index (χ4n) is 4.36. The van der Waals surface area contributed by atoms with Crippen LogP contribution < -0.4 is 5.43 Å². The minimum atomic E-state index is -1.86. The molecule has 1 amide bonds. The van der Waals surface area contributed by atoms with Gasteiger partial charge in [-0.1, -0.05) is 17.7 Å². The first kappa shape index (κ1) is 21.1. The maximum Gasteiger partial charge on any atom is 0.336 e. The molecule has 0 saturated heterocycles. The number of fused-ring (bicyclic) bond motifs is 1. The van der Waals surface area contributed by atoms with Gasteiger partial charge < -0.3 is 14.6 Å². The van der Waals surface area contributed by atoms with Crippen molar-refractivity contribution < 1.29 is 29.0 Å². The smallest absolute Gasteiger partial charge is 0.336 e. The lowest BCUT2D eigenvalue weighted by molar-refractivity contribution is -0.187. The number of halogens is 1. The number of hydrogen-bond donors (Lipinski definition) is 2. The monoisotopic (exact) mass is 422 g/mol. The predicted molar refractivity (Wildman–Crippen MR) is 103 cm³/mol. The highest BCUT2D eigenvalue weighted by Gasteiger charge is 2.71. The van der Waals surface area contributed by atoms with Crippen LogP contribution in [-0.4, -0.2) is 47.4 Å². The first-order valence-corrected chi connectivity index (χ1v) is 9.66. The largest absolute Gasteiger partial charge is 0.466 e. The Hall–Kier alpha value is -2.58. The van der Waals surface area contributed by atoms with Crippen molar-refractivity contribution in [1.82, 2.24) is 10.4 Å². The van der Waals surface area contributed by atoms with Gasteiger partial charge in [-0.2, -0.15) is 0 Å². The van der Waals surface area contributed by atoms with Crippen molar-refractivity contribution in [3.63, 3.8) is 0 Å². The molecule has 2 atom stereocenters. The van der Waals surface area contributed by atoms with E-state index in [0.29, 0.717) is 11.4 Å². The van der Waals surface area contributed by atoms with Gasteiger partial charge in [-0.05, 0) is 51.3 Å². The highest BCUT2D eigenvalue weighted by atomic mass is 35.5. The average molecular weight is 423 g/mol. The van der Waals surface area contributed by atoms with E-state index in [2.05, 4.69) is 5.43 Å². The second-order valence-electron chi connectivity index (χ2n) is 7.03. The van der Waals surface area contributed by atoms with Crippen molar-refractivity contribution in [1.29, 1.82) is 0 Å². The van der Waals surface area contributed by atoms with Gasteiger partial charge in [0.25, 0.3) is 5.91 Å². The summed E-state index contributed by atoms with van der Waals surface area (Å²) in [4.78, 5) is 38.4. The van der Waals surface area contributed by atoms with Crippen LogP contribution in [-0.2, 0) is 19.1 Å². The normalized spacial score (nSPS) is 25.6. The van der Waals surface area contributed by atoms with Crippen LogP contribution in [0.1, 0.15) is 43.5 Å². The number of allylic oxidation sites excluding steroid dienone is 1. The molecule has 8 nitrogen and oxygen atoms in total. The number of carbonyl (C=O) groups excluding carboxylic acids is 3. The molecule has 156 valence electrons. The third-order valence-electron chi connectivity index (χ3n) is 5.57. The summed E-state index contributed by atoms with van der Waals surface area (Å²) in [6, 6.07) is 6.29. The summed E-state index contributed by atoms with van der Waals surface area (Å²) in [5.74, 6) is -2.02. The molecule has 1 heterocycles. The van der Waals surface area contributed by atoms with Crippen molar-refractivity contribution in [2.24, 2.45) is 5.41 Å². The number of carbonyl (C=O) groups is 3. The van der Waals surface area contributed by atoms with Crippen molar-refractivity contribution in [3.8, 4) is 0 Å². The molecule has 2 N–H and O–H groups in total. The molecule has 1 aromatic carbocycles. The molecular formula is C20H23ClN2O6. The number of hydrazine groups is 1. The van der Waals surface area contributed by atoms with Gasteiger partial charge in [-0.3, -0.25) is 20.0 Å². The molecule has 1 aliphatic carbocycles. The summed E-state index contributed by atoms with van der Waals surface area (Å²) in [6.45, 7) is 3.27. The molecule has 1 aliphatic heterocycles. The standard InChI is InChI=1S/C20H23ClN2O6/c1-4-29-18(26)19-9-6-10-20(19,27)23(12(2)15(19)17(25)28-3)22-16(24)13-7-5-8-14(21)11-13/h5,7-8,11,27H,4,6,9-10H2,1-3H3,(H,22,24)/t19-,20-/m0/s1. The number of hydrogen-bond acceptors (Lipinski definition) is 7. The molecule has 0 unspecified atom stereocenters. The van der Waals surface area contributed by atoms with Crippen LogP contribution >= 0.6 is 11.6 Å². The van der Waals surface area contributed by atoms with Gasteiger partial charge in [0.1, 0.15) is 0 Å². The van der Waals surface area contributed by atoms with Crippen LogP contribution in [0, 0.1) is 5.41 Å². The van der Waals surface area contributed by atoms with Crippen molar-refractivity contribution in [2.75, 3.05) is 13.7 Å². The lowest BCUT2D eigenvalue weighted by Crippen LogP contribution is -2.61. The van der Waals surface area contributed by atoms with Gasteiger partial charge in [-0.15, -0.1) is 0 Å². The summed E-state index contributed by atoms with van der Waals surface area (Å²) >= 11 is 5.96. The SMILES string of the molecule is CCOC(=O)[C@@]12CCC[C@@]1(O)N(NC(=O)c1cccc(Cl)c1)C(C)=C2C(=O)OC. The summed E-state index contributed by atoms with van der Waals surface area (Å²) in [5, 5.41) is 13.2. The van der Waals surface area contributed by atoms with Gasteiger partial charge in [0, 0.05) is 16.3 Å². The minimum absolute atomic E-state index is 0.00940. The second kappa shape index (κ2) is 7.68. The van der Waals surface area contributed by atoms with E-state index < -0.39 is 29.0 Å². The number of ether oxygens (including phenoxy) is 2. The molecule has 29 heavy (non-hydrogen) atoms. The van der Waals surface area contributed by atoms with Gasteiger partial charge in [0.15, 0.2) is 11.1 Å². The maximum absolute atomic E-state index is 13.0. The molecule has 0 bridgehead atoms. The first-order chi connectivity index (χ1) is 13.7. The van der Waals surface area contributed by atoms with E-state index in [1.165, 1.54) is 18.2 Å². The van der Waals surface area contributed by atoms with Gasteiger partial charge in [0.2, 0.25) is 0 Å². The number of amides is 1. The van der Waals surface area contributed by atoms with Crippen LogP contribution in [0.2, 0.25) is 5.02 Å². The van der Waals surface area contributed by atoms with Crippen molar-refractivity contribution >= 4 is 29.4 Å². The molecule has 2 aliphatic rings. The van der Waals surface area contributed by atoms with Crippen molar-refractivity contribution in [2.45, 2.75) is 38.8 Å². The molecule has 1 aromatic rings. The van der Waals surface area contributed by atoms with Gasteiger partial charge >= 0.3 is 11.9 Å². The number of esters is 2. The molecular weight excluding hydrogens is 400 g/mol. The number of benzene rings is 1. The summed E-state index contributed by atoms with van der Waals surface area (Å²) in [7, 11) is 1.20. The Balaban J connectivity index is 2.08. The average Bonchev–Trinajstić information content (AvgIpc) is 3.12. The lowest BCUT2D eigenvalue weighted by atomic mass is 9.75. The Kier molecular flexibility index (Phi) is 5.60. The topological polar surface area (TPSA) is 105 Å². The van der Waals surface area contributed by atoms with Crippen LogP contribution in [0.3, 0.4) is 0 Å². The molecule has 0 radical (unpaired) electrons. The molecule has 0 aromatic heterocycles. The Morgan fingerprint density at radius 3 is 2.66 bits per heavy atom. The van der Waals surface area contributed by atoms with Gasteiger partial charge in [-0.25, -0.2) is 4.79 Å². The highest BCUT2D eigenvalue weighted by molar-refractivity contribution is 6.30. The Labute approximate surface area is 173 Å². The fraction of sp³-hybridized carbons (Fsp3) is 0.450. The van der Waals surface area contributed by atoms with E-state index >= 15 is 0 Å². The van der Waals surface area contributed by atoms with Crippen LogP contribution in [0.15, 0.2) is 35.5 Å². The molecule has 9 heteroatoms. The highest BCUT2D eigenvalue weighted by Crippen LogP contribution is 2.59. The zero-order valence-electron chi connectivity index (χ0n) is 16.5. The quantitative estimate of drug-likeness (QED) is 0.700. The zero-order valence-corrected chi connectivity index (χ0v) is 17.2. The second-order valence-corrected chi connectivity index (χ2v) is 7.47. The number of methoxy groups -OCH3 is 1. The third-order valence-corrected chi connectivity index (χ3v) is 5.80. The Bertz CT molecular complexity index is 901. The Morgan fingerprint density at radius 1 is 1.31 bits per heavy atom. The number of nitrogens with one attached hydrogen (secondary N) is 1. The van der Waals surface area contributed by atoms with E-state index in [0.717, 1.165) is 0 Å². The zero-order chi connectivity index (χ0) is 21.4. The van der Waals surface area contributed by atoms with Crippen LogP contribution in [0.4, 0.5) is 0 Å². The molecule has 0 spiro atoms. The number of aliphatic hydroxyl groups is 1. The van der Waals surface area contributed by atoms with Crippen LogP contribution in [0.5, 0.6) is 0 Å².